The molecule has 0 amide bonds. The van der Waals surface area contributed by atoms with Gasteiger partial charge in [0.05, 0.1) is 12.0 Å². The molecule has 16 heavy (non-hydrogen) atoms. The Morgan fingerprint density at radius 1 is 1.38 bits per heavy atom. The number of nitrogens with zero attached hydrogens (tertiary/aromatic N) is 2. The van der Waals surface area contributed by atoms with E-state index in [2.05, 4.69) is 26.7 Å². The lowest BCUT2D eigenvalue weighted by molar-refractivity contribution is 0.398. The Kier molecular flexibility index (Phi) is 3.48. The maximum Gasteiger partial charge on any atom is 0.241 e. The van der Waals surface area contributed by atoms with Crippen LogP contribution in [-0.2, 0) is 6.54 Å². The second kappa shape index (κ2) is 5.05. The molecule has 0 spiro atoms. The number of aromatic nitrogens is 2. The molecule has 2 heterocycles. The molecule has 0 aliphatic heterocycles. The molecular weight excluding hydrogens is 222 g/mol. The van der Waals surface area contributed by atoms with Gasteiger partial charge in [-0.25, -0.2) is 9.97 Å². The van der Waals surface area contributed by atoms with Gasteiger partial charge in [-0.1, -0.05) is 0 Å². The van der Waals surface area contributed by atoms with Crippen LogP contribution in [0.2, 0.25) is 0 Å². The average Bonchev–Trinajstić information content (AvgIpc) is 2.78. The SMILES string of the molecule is CNCc1csc(-c2nccnc2OC)c1. The molecule has 84 valence electrons. The third-order valence-corrected chi connectivity index (χ3v) is 3.11. The van der Waals surface area contributed by atoms with Crippen molar-refractivity contribution in [3.05, 3.63) is 29.4 Å². The Labute approximate surface area is 98.3 Å². The Morgan fingerprint density at radius 3 is 2.94 bits per heavy atom. The summed E-state index contributed by atoms with van der Waals surface area (Å²) in [7, 11) is 3.54. The first kappa shape index (κ1) is 11.0. The maximum absolute atomic E-state index is 5.19. The van der Waals surface area contributed by atoms with Crippen LogP contribution in [0.3, 0.4) is 0 Å². The van der Waals surface area contributed by atoms with E-state index in [-0.39, 0.29) is 0 Å². The zero-order chi connectivity index (χ0) is 11.4. The lowest BCUT2D eigenvalue weighted by atomic mass is 10.2. The van der Waals surface area contributed by atoms with Gasteiger partial charge in [0.15, 0.2) is 0 Å². The molecule has 2 aromatic rings. The van der Waals surface area contributed by atoms with Gasteiger partial charge in [0, 0.05) is 18.9 Å². The van der Waals surface area contributed by atoms with Gasteiger partial charge < -0.3 is 10.1 Å². The second-order valence-electron chi connectivity index (χ2n) is 3.26. The molecule has 0 aliphatic carbocycles. The minimum Gasteiger partial charge on any atom is -0.479 e. The van der Waals surface area contributed by atoms with E-state index in [9.17, 15) is 0 Å². The van der Waals surface area contributed by atoms with Crippen LogP contribution < -0.4 is 10.1 Å². The summed E-state index contributed by atoms with van der Waals surface area (Å²) in [5.74, 6) is 0.570. The second-order valence-corrected chi connectivity index (χ2v) is 4.17. The lowest BCUT2D eigenvalue weighted by Gasteiger charge is -2.02. The fraction of sp³-hybridized carbons (Fsp3) is 0.273. The van der Waals surface area contributed by atoms with Gasteiger partial charge >= 0.3 is 0 Å². The number of thiophene rings is 1. The highest BCUT2D eigenvalue weighted by Crippen LogP contribution is 2.30. The van der Waals surface area contributed by atoms with Gasteiger partial charge in [-0.05, 0) is 24.1 Å². The van der Waals surface area contributed by atoms with Crippen molar-refractivity contribution < 1.29 is 4.74 Å². The van der Waals surface area contributed by atoms with Gasteiger partial charge in [0.25, 0.3) is 0 Å². The monoisotopic (exact) mass is 235 g/mol. The number of rotatable bonds is 4. The van der Waals surface area contributed by atoms with Gasteiger partial charge in [0.2, 0.25) is 5.88 Å². The first-order chi connectivity index (χ1) is 7.85. The predicted molar refractivity (Wildman–Crippen MR) is 64.7 cm³/mol. The molecule has 2 aromatic heterocycles. The number of hydrogen-bond acceptors (Lipinski definition) is 5. The Bertz CT molecular complexity index is 470. The van der Waals surface area contributed by atoms with Crippen molar-refractivity contribution in [2.45, 2.75) is 6.54 Å². The molecule has 4 nitrogen and oxygen atoms in total. The van der Waals surface area contributed by atoms with Crippen molar-refractivity contribution >= 4 is 11.3 Å². The van der Waals surface area contributed by atoms with Crippen molar-refractivity contribution in [1.82, 2.24) is 15.3 Å². The molecule has 5 heteroatoms. The molecule has 0 saturated heterocycles. The standard InChI is InChI=1S/C11H13N3OS/c1-12-6-8-5-9(16-7-8)10-11(15-2)14-4-3-13-10/h3-5,7,12H,6H2,1-2H3. The van der Waals surface area contributed by atoms with Crippen LogP contribution in [0.4, 0.5) is 0 Å². The summed E-state index contributed by atoms with van der Waals surface area (Å²) in [5.41, 5.74) is 2.05. The molecule has 2 rings (SSSR count). The summed E-state index contributed by atoms with van der Waals surface area (Å²) in [6.45, 7) is 0.860. The predicted octanol–water partition coefficient (Wildman–Crippen LogP) is 1.93. The fourth-order valence-electron chi connectivity index (χ4n) is 1.44. The van der Waals surface area contributed by atoms with E-state index in [0.717, 1.165) is 17.1 Å². The molecule has 0 fully saturated rings. The zero-order valence-corrected chi connectivity index (χ0v) is 10.0. The van der Waals surface area contributed by atoms with Crippen LogP contribution in [0.25, 0.3) is 10.6 Å². The smallest absolute Gasteiger partial charge is 0.241 e. The van der Waals surface area contributed by atoms with Gasteiger partial charge in [0.1, 0.15) is 5.69 Å². The van der Waals surface area contributed by atoms with Crippen LogP contribution in [0.5, 0.6) is 5.88 Å². The van der Waals surface area contributed by atoms with Gasteiger partial charge in [-0.3, -0.25) is 0 Å². The Hall–Kier alpha value is -1.46. The number of ether oxygens (including phenoxy) is 1. The molecule has 1 N–H and O–H groups in total. The molecule has 0 aromatic carbocycles. The van der Waals surface area contributed by atoms with Crippen molar-refractivity contribution in [1.29, 1.82) is 0 Å². The minimum atomic E-state index is 0.570. The molecule has 0 saturated carbocycles. The van der Waals surface area contributed by atoms with E-state index < -0.39 is 0 Å². The maximum atomic E-state index is 5.19. The third kappa shape index (κ3) is 2.20. The van der Waals surface area contributed by atoms with E-state index in [1.54, 1.807) is 30.8 Å². The van der Waals surface area contributed by atoms with Crippen molar-refractivity contribution in [3.8, 4) is 16.5 Å². The first-order valence-electron chi connectivity index (χ1n) is 4.92. The summed E-state index contributed by atoms with van der Waals surface area (Å²) < 4.78 is 5.19. The van der Waals surface area contributed by atoms with E-state index in [0.29, 0.717) is 5.88 Å². The normalized spacial score (nSPS) is 10.4. The van der Waals surface area contributed by atoms with E-state index in [1.807, 2.05) is 7.05 Å². The molecule has 0 atom stereocenters. The summed E-state index contributed by atoms with van der Waals surface area (Å²) in [4.78, 5) is 9.51. The number of methoxy groups -OCH3 is 1. The summed E-state index contributed by atoms with van der Waals surface area (Å²) in [5, 5.41) is 5.23. The molecule has 0 radical (unpaired) electrons. The lowest BCUT2D eigenvalue weighted by Crippen LogP contribution is -2.03. The largest absolute Gasteiger partial charge is 0.479 e. The summed E-state index contributed by atoms with van der Waals surface area (Å²) in [6.07, 6.45) is 3.31. The van der Waals surface area contributed by atoms with Crippen molar-refractivity contribution in [2.24, 2.45) is 0 Å². The third-order valence-electron chi connectivity index (χ3n) is 2.13. The van der Waals surface area contributed by atoms with Crippen molar-refractivity contribution in [2.75, 3.05) is 14.2 Å². The number of nitrogens with one attached hydrogen (secondary N) is 1. The van der Waals surface area contributed by atoms with E-state index in [4.69, 9.17) is 4.74 Å². The average molecular weight is 235 g/mol. The first-order valence-corrected chi connectivity index (χ1v) is 5.80. The Morgan fingerprint density at radius 2 is 2.19 bits per heavy atom. The van der Waals surface area contributed by atoms with Crippen LogP contribution in [0.1, 0.15) is 5.56 Å². The molecular formula is C11H13N3OS. The van der Waals surface area contributed by atoms with Crippen LogP contribution in [0.15, 0.2) is 23.8 Å². The van der Waals surface area contributed by atoms with Gasteiger partial charge in [-0.2, -0.15) is 0 Å². The summed E-state index contributed by atoms with van der Waals surface area (Å²) in [6, 6.07) is 2.10. The van der Waals surface area contributed by atoms with Crippen LogP contribution in [0, 0.1) is 0 Å². The van der Waals surface area contributed by atoms with E-state index >= 15 is 0 Å². The van der Waals surface area contributed by atoms with Gasteiger partial charge in [-0.15, -0.1) is 11.3 Å². The molecule has 0 unspecified atom stereocenters. The highest BCUT2D eigenvalue weighted by molar-refractivity contribution is 7.13. The van der Waals surface area contributed by atoms with E-state index in [1.165, 1.54) is 5.56 Å². The van der Waals surface area contributed by atoms with Crippen LogP contribution >= 0.6 is 11.3 Å². The van der Waals surface area contributed by atoms with Crippen molar-refractivity contribution in [3.63, 3.8) is 0 Å². The molecule has 0 bridgehead atoms. The summed E-state index contributed by atoms with van der Waals surface area (Å²) >= 11 is 1.65. The zero-order valence-electron chi connectivity index (χ0n) is 9.23. The highest BCUT2D eigenvalue weighted by Gasteiger charge is 2.10. The fourth-order valence-corrected chi connectivity index (χ4v) is 2.34. The minimum absolute atomic E-state index is 0.570. The number of hydrogen-bond donors (Lipinski definition) is 1. The Balaban J connectivity index is 2.34. The highest BCUT2D eigenvalue weighted by atomic mass is 32.1. The topological polar surface area (TPSA) is 47.0 Å². The molecule has 0 aliphatic rings. The quantitative estimate of drug-likeness (QED) is 0.879. The van der Waals surface area contributed by atoms with Crippen LogP contribution in [-0.4, -0.2) is 24.1 Å².